The van der Waals surface area contributed by atoms with Gasteiger partial charge in [-0.15, -0.1) is 4.83 Å². The summed E-state index contributed by atoms with van der Waals surface area (Å²) in [5, 5.41) is 1.07. The van der Waals surface area contributed by atoms with Crippen LogP contribution in [-0.2, 0) is 10.0 Å². The number of nitrogens with zero attached hydrogens (tertiary/aromatic N) is 2. The molecule has 0 aliphatic heterocycles. The van der Waals surface area contributed by atoms with Crippen molar-refractivity contribution in [3.8, 4) is 11.5 Å². The molecule has 2 aromatic carbocycles. The zero-order valence-corrected chi connectivity index (χ0v) is 17.3. The summed E-state index contributed by atoms with van der Waals surface area (Å²) in [4.78, 5) is 10.8. The van der Waals surface area contributed by atoms with Gasteiger partial charge in [-0.05, 0) is 43.2 Å². The number of halogens is 1. The number of nitrogens with one attached hydrogen (secondary N) is 2. The highest BCUT2D eigenvalue weighted by Gasteiger charge is 2.19. The van der Waals surface area contributed by atoms with Crippen LogP contribution in [0.4, 0.5) is 5.82 Å². The summed E-state index contributed by atoms with van der Waals surface area (Å²) in [6.45, 7) is 3.42. The fourth-order valence-electron chi connectivity index (χ4n) is 2.70. The van der Waals surface area contributed by atoms with Crippen LogP contribution in [0.15, 0.2) is 35.5 Å². The molecule has 0 radical (unpaired) electrons. The summed E-state index contributed by atoms with van der Waals surface area (Å²) in [6, 6.07) is 6.49. The van der Waals surface area contributed by atoms with E-state index in [9.17, 15) is 8.42 Å². The van der Waals surface area contributed by atoms with E-state index in [1.165, 1.54) is 26.6 Å². The Bertz CT molecular complexity index is 1150. The Morgan fingerprint density at radius 3 is 2.32 bits per heavy atom. The molecule has 0 aliphatic rings. The average Bonchev–Trinajstić information content (AvgIpc) is 2.67. The molecule has 2 N–H and O–H groups in total. The highest BCUT2D eigenvalue weighted by atomic mass is 35.5. The molecular formula is C18H19ClN4O4S. The van der Waals surface area contributed by atoms with E-state index in [0.29, 0.717) is 38.6 Å². The second kappa shape index (κ2) is 7.78. The number of aryl methyl sites for hydroxylation is 2. The number of ether oxygens (including phenoxy) is 2. The fourth-order valence-corrected chi connectivity index (χ4v) is 4.07. The van der Waals surface area contributed by atoms with Crippen molar-refractivity contribution in [2.24, 2.45) is 0 Å². The molecule has 148 valence electrons. The van der Waals surface area contributed by atoms with Gasteiger partial charge < -0.3 is 9.47 Å². The van der Waals surface area contributed by atoms with Crippen LogP contribution in [0.25, 0.3) is 10.9 Å². The normalized spacial score (nSPS) is 11.5. The topological polar surface area (TPSA) is 102 Å². The predicted octanol–water partition coefficient (Wildman–Crippen LogP) is 3.22. The molecule has 0 spiro atoms. The summed E-state index contributed by atoms with van der Waals surface area (Å²) >= 11 is 6.06. The minimum atomic E-state index is -3.86. The van der Waals surface area contributed by atoms with Gasteiger partial charge in [-0.1, -0.05) is 11.6 Å². The number of hydrogen-bond donors (Lipinski definition) is 2. The van der Waals surface area contributed by atoms with E-state index < -0.39 is 10.0 Å². The van der Waals surface area contributed by atoms with Crippen LogP contribution >= 0.6 is 11.6 Å². The Balaban J connectivity index is 1.96. The van der Waals surface area contributed by atoms with Gasteiger partial charge in [0.05, 0.1) is 24.6 Å². The zero-order valence-electron chi connectivity index (χ0n) is 15.7. The Hall–Kier alpha value is -2.62. The van der Waals surface area contributed by atoms with E-state index in [1.807, 2.05) is 0 Å². The van der Waals surface area contributed by atoms with Crippen molar-refractivity contribution < 1.29 is 17.9 Å². The van der Waals surface area contributed by atoms with Crippen molar-refractivity contribution >= 4 is 38.3 Å². The van der Waals surface area contributed by atoms with Crippen molar-refractivity contribution in [3.05, 3.63) is 46.7 Å². The van der Waals surface area contributed by atoms with Crippen molar-refractivity contribution in [2.45, 2.75) is 18.7 Å². The molecular weight excluding hydrogens is 404 g/mol. The zero-order chi connectivity index (χ0) is 20.5. The SMILES string of the molecule is COc1cc2ncnc(NNS(=O)(=O)c3cc(C)c(Cl)cc3C)c2cc1OC. The van der Waals surface area contributed by atoms with E-state index in [0.717, 1.165) is 0 Å². The average molecular weight is 423 g/mol. The Morgan fingerprint density at radius 2 is 1.64 bits per heavy atom. The van der Waals surface area contributed by atoms with Crippen molar-refractivity contribution in [1.29, 1.82) is 0 Å². The van der Waals surface area contributed by atoms with E-state index in [-0.39, 0.29) is 10.7 Å². The van der Waals surface area contributed by atoms with Gasteiger partial charge in [0.1, 0.15) is 6.33 Å². The quantitative estimate of drug-likeness (QED) is 0.588. The number of hydrazine groups is 1. The molecule has 10 heteroatoms. The monoisotopic (exact) mass is 422 g/mol. The third-order valence-electron chi connectivity index (χ3n) is 4.19. The highest BCUT2D eigenvalue weighted by Crippen LogP contribution is 2.33. The highest BCUT2D eigenvalue weighted by molar-refractivity contribution is 7.89. The summed E-state index contributed by atoms with van der Waals surface area (Å²) in [5.41, 5.74) is 4.42. The molecule has 8 nitrogen and oxygen atoms in total. The van der Waals surface area contributed by atoms with Gasteiger partial charge in [-0.2, -0.15) is 0 Å². The van der Waals surface area contributed by atoms with Crippen LogP contribution in [0.2, 0.25) is 5.02 Å². The summed E-state index contributed by atoms with van der Waals surface area (Å²) < 4.78 is 36.0. The van der Waals surface area contributed by atoms with Crippen LogP contribution in [0.1, 0.15) is 11.1 Å². The Morgan fingerprint density at radius 1 is 0.964 bits per heavy atom. The molecule has 0 fully saturated rings. The molecule has 0 saturated heterocycles. The van der Waals surface area contributed by atoms with E-state index in [2.05, 4.69) is 20.2 Å². The molecule has 0 amide bonds. The second-order valence-corrected chi connectivity index (χ2v) is 8.10. The van der Waals surface area contributed by atoms with E-state index >= 15 is 0 Å². The molecule has 0 aliphatic carbocycles. The lowest BCUT2D eigenvalue weighted by Crippen LogP contribution is -2.30. The molecule has 28 heavy (non-hydrogen) atoms. The number of hydrogen-bond acceptors (Lipinski definition) is 7. The molecule has 0 atom stereocenters. The first-order valence-corrected chi connectivity index (χ1v) is 10.0. The number of rotatable bonds is 6. The first kappa shape index (κ1) is 20.1. The fraction of sp³-hybridized carbons (Fsp3) is 0.222. The van der Waals surface area contributed by atoms with E-state index in [1.54, 1.807) is 32.0 Å². The molecule has 1 heterocycles. The van der Waals surface area contributed by atoms with Gasteiger partial charge in [-0.25, -0.2) is 18.4 Å². The lowest BCUT2D eigenvalue weighted by Gasteiger charge is -2.14. The van der Waals surface area contributed by atoms with Crippen LogP contribution in [0.3, 0.4) is 0 Å². The number of sulfonamides is 1. The largest absolute Gasteiger partial charge is 0.493 e. The third kappa shape index (κ3) is 3.82. The van der Waals surface area contributed by atoms with Crippen LogP contribution in [-0.4, -0.2) is 32.6 Å². The number of methoxy groups -OCH3 is 2. The van der Waals surface area contributed by atoms with Crippen LogP contribution < -0.4 is 19.7 Å². The maximum Gasteiger partial charge on any atom is 0.257 e. The molecule has 0 unspecified atom stereocenters. The second-order valence-electron chi connectivity index (χ2n) is 6.04. The maximum absolute atomic E-state index is 12.7. The van der Waals surface area contributed by atoms with Gasteiger partial charge in [0, 0.05) is 16.5 Å². The first-order chi connectivity index (χ1) is 13.3. The van der Waals surface area contributed by atoms with Gasteiger partial charge in [0.25, 0.3) is 10.0 Å². The first-order valence-electron chi connectivity index (χ1n) is 8.18. The lowest BCUT2D eigenvalue weighted by atomic mass is 10.2. The number of benzene rings is 2. The van der Waals surface area contributed by atoms with Crippen LogP contribution in [0, 0.1) is 13.8 Å². The predicted molar refractivity (Wildman–Crippen MR) is 108 cm³/mol. The summed E-state index contributed by atoms with van der Waals surface area (Å²) in [5.74, 6) is 1.25. The number of aromatic nitrogens is 2. The third-order valence-corrected chi connectivity index (χ3v) is 5.99. The molecule has 1 aromatic heterocycles. The standard InChI is InChI=1S/C18H19ClN4O4S/c1-10-6-17(11(2)5-13(10)19)28(24,25)23-22-18-12-7-15(26-3)16(27-4)8-14(12)20-9-21-18/h5-9,23H,1-4H3,(H,20,21,22). The lowest BCUT2D eigenvalue weighted by molar-refractivity contribution is 0.356. The van der Waals surface area contributed by atoms with E-state index in [4.69, 9.17) is 21.1 Å². The number of anilines is 1. The van der Waals surface area contributed by atoms with Gasteiger partial charge >= 0.3 is 0 Å². The Kier molecular flexibility index (Phi) is 5.59. The maximum atomic E-state index is 12.7. The Labute approximate surface area is 167 Å². The molecule has 0 bridgehead atoms. The van der Waals surface area contributed by atoms with Crippen LogP contribution in [0.5, 0.6) is 11.5 Å². The summed E-state index contributed by atoms with van der Waals surface area (Å²) in [6.07, 6.45) is 1.32. The minimum absolute atomic E-state index is 0.125. The van der Waals surface area contributed by atoms with Crippen molar-refractivity contribution in [3.63, 3.8) is 0 Å². The van der Waals surface area contributed by atoms with Gasteiger partial charge in [-0.3, -0.25) is 5.43 Å². The van der Waals surface area contributed by atoms with Crippen molar-refractivity contribution in [2.75, 3.05) is 19.6 Å². The molecule has 3 aromatic rings. The minimum Gasteiger partial charge on any atom is -0.493 e. The smallest absolute Gasteiger partial charge is 0.257 e. The van der Waals surface area contributed by atoms with Gasteiger partial charge in [0.15, 0.2) is 17.3 Å². The molecule has 3 rings (SSSR count). The summed E-state index contributed by atoms with van der Waals surface area (Å²) in [7, 11) is -0.830. The number of fused-ring (bicyclic) bond motifs is 1. The molecule has 0 saturated carbocycles. The van der Waals surface area contributed by atoms with Crippen molar-refractivity contribution in [1.82, 2.24) is 14.8 Å². The van der Waals surface area contributed by atoms with Gasteiger partial charge in [0.2, 0.25) is 0 Å².